The number of carbonyl (C=O) groups excluding carboxylic acids is 1. The molecule has 3 heterocycles. The predicted molar refractivity (Wildman–Crippen MR) is 134 cm³/mol. The van der Waals surface area contributed by atoms with Gasteiger partial charge in [0.15, 0.2) is 0 Å². The molecule has 2 unspecified atom stereocenters. The molecule has 2 amide bonds. The lowest BCUT2D eigenvalue weighted by atomic mass is 9.95. The van der Waals surface area contributed by atoms with Gasteiger partial charge >= 0.3 is 6.03 Å². The number of nitrogens with zero attached hydrogens (tertiary/aromatic N) is 2. The first-order valence-corrected chi connectivity index (χ1v) is 12.6. The van der Waals surface area contributed by atoms with Crippen molar-refractivity contribution in [2.45, 2.75) is 51.5 Å². The van der Waals surface area contributed by atoms with E-state index < -0.39 is 0 Å². The summed E-state index contributed by atoms with van der Waals surface area (Å²) in [5, 5.41) is 16.0. The Labute approximate surface area is 201 Å². The maximum absolute atomic E-state index is 12.9. The SMILES string of the molecule is CC[C@@H]1CCN(C(=O)Nc2ccc(C)c(-c3cc(N[C@H](C)CO)nc(C45COCC4C5)c3)c2)C1. The molecule has 0 spiro atoms. The molecule has 2 saturated heterocycles. The van der Waals surface area contributed by atoms with Crippen molar-refractivity contribution in [3.63, 3.8) is 0 Å². The summed E-state index contributed by atoms with van der Waals surface area (Å²) in [5.41, 5.74) is 5.13. The average Bonchev–Trinajstić information content (AvgIpc) is 3.17. The molecular weight excluding hydrogens is 428 g/mol. The zero-order chi connectivity index (χ0) is 23.9. The first-order valence-electron chi connectivity index (χ1n) is 12.6. The zero-order valence-electron chi connectivity index (χ0n) is 20.4. The minimum atomic E-state index is -0.0953. The van der Waals surface area contributed by atoms with E-state index in [9.17, 15) is 9.90 Å². The number of pyridine rings is 1. The molecule has 0 bridgehead atoms. The van der Waals surface area contributed by atoms with E-state index in [0.29, 0.717) is 18.4 Å². The van der Waals surface area contributed by atoms with Crippen LogP contribution in [0, 0.1) is 18.8 Å². The normalized spacial score (nSPS) is 26.3. The molecule has 3 N–H and O–H groups in total. The van der Waals surface area contributed by atoms with E-state index >= 15 is 0 Å². The first-order chi connectivity index (χ1) is 16.4. The van der Waals surface area contributed by atoms with Crippen LogP contribution in [0.15, 0.2) is 30.3 Å². The van der Waals surface area contributed by atoms with Crippen LogP contribution in [0.3, 0.4) is 0 Å². The Balaban J connectivity index is 1.44. The third kappa shape index (κ3) is 4.39. The number of hydrogen-bond donors (Lipinski definition) is 3. The maximum atomic E-state index is 12.9. The van der Waals surface area contributed by atoms with Gasteiger partial charge in [-0.05, 0) is 79.5 Å². The molecule has 1 aromatic heterocycles. The van der Waals surface area contributed by atoms with Crippen LogP contribution in [0.4, 0.5) is 16.3 Å². The highest BCUT2D eigenvalue weighted by atomic mass is 16.5. The number of aryl methyl sites for hydroxylation is 1. The quantitative estimate of drug-likeness (QED) is 0.565. The summed E-state index contributed by atoms with van der Waals surface area (Å²) < 4.78 is 5.75. The molecule has 1 aliphatic carbocycles. The van der Waals surface area contributed by atoms with Gasteiger partial charge in [-0.1, -0.05) is 19.4 Å². The third-order valence-corrected chi connectivity index (χ3v) is 7.86. The van der Waals surface area contributed by atoms with Gasteiger partial charge in [-0.2, -0.15) is 0 Å². The molecule has 7 heteroatoms. The number of anilines is 2. The number of fused-ring (bicyclic) bond motifs is 1. The lowest BCUT2D eigenvalue weighted by molar-refractivity contribution is 0.159. The van der Waals surface area contributed by atoms with Crippen LogP contribution in [0.1, 0.15) is 44.4 Å². The topological polar surface area (TPSA) is 86.7 Å². The smallest absolute Gasteiger partial charge is 0.321 e. The molecule has 3 fully saturated rings. The number of amides is 2. The van der Waals surface area contributed by atoms with E-state index in [-0.39, 0.29) is 24.1 Å². The molecule has 1 aromatic carbocycles. The number of hydrogen-bond acceptors (Lipinski definition) is 5. The second-order valence-electron chi connectivity index (χ2n) is 10.4. The van der Waals surface area contributed by atoms with Crippen molar-refractivity contribution in [1.82, 2.24) is 9.88 Å². The van der Waals surface area contributed by atoms with Crippen molar-refractivity contribution in [1.29, 1.82) is 0 Å². The molecular formula is C27H36N4O3. The summed E-state index contributed by atoms with van der Waals surface area (Å²) >= 11 is 0. The Kier molecular flexibility index (Phi) is 6.25. The van der Waals surface area contributed by atoms with E-state index in [4.69, 9.17) is 9.72 Å². The number of urea groups is 1. The van der Waals surface area contributed by atoms with Crippen molar-refractivity contribution in [2.75, 3.05) is 43.5 Å². The molecule has 2 aliphatic heterocycles. The Morgan fingerprint density at radius 3 is 2.88 bits per heavy atom. The molecule has 1 saturated carbocycles. The van der Waals surface area contributed by atoms with Crippen molar-refractivity contribution < 1.29 is 14.6 Å². The number of benzene rings is 1. The highest BCUT2D eigenvalue weighted by molar-refractivity contribution is 5.90. The summed E-state index contributed by atoms with van der Waals surface area (Å²) in [6.45, 7) is 9.42. The zero-order valence-corrected chi connectivity index (χ0v) is 20.4. The van der Waals surface area contributed by atoms with Crippen LogP contribution in [0.2, 0.25) is 0 Å². The van der Waals surface area contributed by atoms with Gasteiger partial charge in [-0.3, -0.25) is 0 Å². The molecule has 3 aliphatic rings. The third-order valence-electron chi connectivity index (χ3n) is 7.86. The van der Waals surface area contributed by atoms with Crippen molar-refractivity contribution in [3.8, 4) is 11.1 Å². The number of aliphatic hydroxyl groups is 1. The second kappa shape index (κ2) is 9.19. The predicted octanol–water partition coefficient (Wildman–Crippen LogP) is 4.40. The number of ether oxygens (including phenoxy) is 1. The summed E-state index contributed by atoms with van der Waals surface area (Å²) in [4.78, 5) is 19.7. The Bertz CT molecular complexity index is 1070. The van der Waals surface area contributed by atoms with Crippen LogP contribution in [0.5, 0.6) is 0 Å². The molecule has 34 heavy (non-hydrogen) atoms. The second-order valence-corrected chi connectivity index (χ2v) is 10.4. The lowest BCUT2D eigenvalue weighted by Crippen LogP contribution is -2.32. The van der Waals surface area contributed by atoms with Gasteiger partial charge in [0.1, 0.15) is 5.82 Å². The van der Waals surface area contributed by atoms with E-state index in [1.807, 2.05) is 24.0 Å². The highest BCUT2D eigenvalue weighted by Crippen LogP contribution is 2.58. The van der Waals surface area contributed by atoms with Gasteiger partial charge in [0.25, 0.3) is 0 Å². The van der Waals surface area contributed by atoms with E-state index in [1.165, 1.54) is 0 Å². The van der Waals surface area contributed by atoms with Crippen LogP contribution in [-0.2, 0) is 10.2 Å². The lowest BCUT2D eigenvalue weighted by Gasteiger charge is -2.20. The van der Waals surface area contributed by atoms with Crippen molar-refractivity contribution in [3.05, 3.63) is 41.6 Å². The standard InChI is InChI=1S/C27H36N4O3/c1-4-19-7-8-31(13-19)26(33)29-22-6-5-17(2)23(11-22)20-9-24(27-12-21(27)15-34-16-27)30-25(10-20)28-18(3)14-32/h5-6,9-11,18-19,21,32H,4,7-8,12-16H2,1-3H3,(H,28,30)(H,29,33)/t18-,19-,21?,27?/m1/s1. The summed E-state index contributed by atoms with van der Waals surface area (Å²) in [6.07, 6.45) is 3.31. The van der Waals surface area contributed by atoms with Gasteiger partial charge in [0.05, 0.1) is 25.5 Å². The molecule has 4 atom stereocenters. The first kappa shape index (κ1) is 23.1. The number of rotatable bonds is 7. The van der Waals surface area contributed by atoms with Gasteiger partial charge in [0, 0.05) is 30.2 Å². The van der Waals surface area contributed by atoms with Gasteiger partial charge < -0.3 is 25.4 Å². The molecule has 2 aromatic rings. The van der Waals surface area contributed by atoms with Gasteiger partial charge in [0.2, 0.25) is 0 Å². The fourth-order valence-corrected chi connectivity index (χ4v) is 5.42. The van der Waals surface area contributed by atoms with E-state index in [1.54, 1.807) is 0 Å². The molecule has 0 radical (unpaired) electrons. The summed E-state index contributed by atoms with van der Waals surface area (Å²) in [5.74, 6) is 1.90. The minimum absolute atomic E-state index is 0.0141. The number of nitrogens with one attached hydrogen (secondary N) is 2. The van der Waals surface area contributed by atoms with E-state index in [0.717, 1.165) is 72.8 Å². The molecule has 5 rings (SSSR count). The average molecular weight is 465 g/mol. The Hall–Kier alpha value is -2.64. The minimum Gasteiger partial charge on any atom is -0.394 e. The van der Waals surface area contributed by atoms with Crippen LogP contribution >= 0.6 is 0 Å². The number of likely N-dealkylation sites (tertiary alicyclic amines) is 1. The largest absolute Gasteiger partial charge is 0.394 e. The fourth-order valence-electron chi connectivity index (χ4n) is 5.42. The summed E-state index contributed by atoms with van der Waals surface area (Å²) in [7, 11) is 0. The van der Waals surface area contributed by atoms with Crippen LogP contribution in [0.25, 0.3) is 11.1 Å². The van der Waals surface area contributed by atoms with Crippen LogP contribution in [-0.4, -0.2) is 60.0 Å². The Morgan fingerprint density at radius 2 is 2.21 bits per heavy atom. The molecule has 182 valence electrons. The summed E-state index contributed by atoms with van der Waals surface area (Å²) in [6, 6.07) is 10.2. The molecule has 7 nitrogen and oxygen atoms in total. The number of aliphatic hydroxyl groups excluding tert-OH is 1. The number of aromatic nitrogens is 1. The maximum Gasteiger partial charge on any atom is 0.321 e. The van der Waals surface area contributed by atoms with E-state index in [2.05, 4.69) is 42.7 Å². The van der Waals surface area contributed by atoms with Crippen LogP contribution < -0.4 is 10.6 Å². The monoisotopic (exact) mass is 464 g/mol. The van der Waals surface area contributed by atoms with Gasteiger partial charge in [-0.15, -0.1) is 0 Å². The van der Waals surface area contributed by atoms with Crippen molar-refractivity contribution in [2.24, 2.45) is 11.8 Å². The Morgan fingerprint density at radius 1 is 1.35 bits per heavy atom. The highest BCUT2D eigenvalue weighted by Gasteiger charge is 2.60. The number of carbonyl (C=O) groups is 1. The van der Waals surface area contributed by atoms with Gasteiger partial charge in [-0.25, -0.2) is 9.78 Å². The fraction of sp³-hybridized carbons (Fsp3) is 0.556. The van der Waals surface area contributed by atoms with Crippen molar-refractivity contribution >= 4 is 17.5 Å².